The van der Waals surface area contributed by atoms with Crippen LogP contribution in [-0.4, -0.2) is 76.2 Å². The van der Waals surface area contributed by atoms with Crippen molar-refractivity contribution in [2.24, 2.45) is 5.92 Å². The van der Waals surface area contributed by atoms with E-state index < -0.39 is 0 Å². The van der Waals surface area contributed by atoms with Gasteiger partial charge in [-0.1, -0.05) is 12.2 Å². The Morgan fingerprint density at radius 3 is 2.73 bits per heavy atom. The number of anilines is 2. The van der Waals surface area contributed by atoms with Gasteiger partial charge in [0.2, 0.25) is 5.91 Å². The van der Waals surface area contributed by atoms with E-state index in [1.807, 2.05) is 44.6 Å². The number of hydrogen-bond acceptors (Lipinski definition) is 7. The van der Waals surface area contributed by atoms with Crippen LogP contribution in [0.1, 0.15) is 31.2 Å². The Balaban J connectivity index is 1.17. The number of rotatable bonds is 10. The number of hydrogen-bond donors (Lipinski definition) is 5. The van der Waals surface area contributed by atoms with Gasteiger partial charge in [0.1, 0.15) is 11.5 Å². The standard InChI is InChI=1S/C37H40FN9O/c1-47(2)13-12-41-28-16-25(15-27(38)19-28)36-31-20-34(44-32(31)8-11-42-36)37-30-18-24(4-3-5-33(30)45-46-37)26-17-29(22-40-21-26)43-35(48)14-23-6-9-39-10-7-23/h4-5,8,11,15-23,39,41,44-45H,3,6-7,9-10,12-14H2,1-2H3,(H,43,48). The summed E-state index contributed by atoms with van der Waals surface area (Å²) in [7, 11) is 4.01. The molecule has 5 heterocycles. The van der Waals surface area contributed by atoms with Gasteiger partial charge in [0.05, 0.1) is 28.6 Å². The summed E-state index contributed by atoms with van der Waals surface area (Å²) in [6.07, 6.45) is 14.9. The summed E-state index contributed by atoms with van der Waals surface area (Å²) >= 11 is 0. The molecule has 0 radical (unpaired) electrons. The molecule has 246 valence electrons. The maximum atomic E-state index is 14.8. The molecule has 11 heteroatoms. The Morgan fingerprint density at radius 2 is 1.88 bits per heavy atom. The third-order valence-corrected chi connectivity index (χ3v) is 8.94. The maximum Gasteiger partial charge on any atom is 0.224 e. The molecule has 0 spiro atoms. The first-order valence-electron chi connectivity index (χ1n) is 16.5. The van der Waals surface area contributed by atoms with Crippen molar-refractivity contribution in [1.82, 2.24) is 35.4 Å². The minimum absolute atomic E-state index is 0.0233. The fourth-order valence-electron chi connectivity index (χ4n) is 6.48. The number of H-pyrrole nitrogens is 2. The predicted octanol–water partition coefficient (Wildman–Crippen LogP) is 4.50. The summed E-state index contributed by atoms with van der Waals surface area (Å²) in [5, 5.41) is 20.4. The molecule has 10 nitrogen and oxygen atoms in total. The highest BCUT2D eigenvalue weighted by Gasteiger charge is 2.18. The molecular formula is C37H40FN9O. The highest BCUT2D eigenvalue weighted by molar-refractivity contribution is 5.97. The van der Waals surface area contributed by atoms with E-state index in [4.69, 9.17) is 5.10 Å². The number of aromatic nitrogens is 5. The lowest BCUT2D eigenvalue weighted by molar-refractivity contribution is -0.117. The average molecular weight is 646 g/mol. The summed E-state index contributed by atoms with van der Waals surface area (Å²) < 4.78 is 14.8. The molecule has 1 aliphatic carbocycles. The van der Waals surface area contributed by atoms with Gasteiger partial charge in [-0.25, -0.2) is 4.39 Å². The van der Waals surface area contributed by atoms with E-state index >= 15 is 0 Å². The van der Waals surface area contributed by atoms with Crippen molar-refractivity contribution >= 4 is 45.9 Å². The van der Waals surface area contributed by atoms with Crippen molar-refractivity contribution in [3.05, 3.63) is 83.0 Å². The van der Waals surface area contributed by atoms with Crippen LogP contribution < -0.4 is 26.5 Å². The van der Waals surface area contributed by atoms with Gasteiger partial charge >= 0.3 is 0 Å². The van der Waals surface area contributed by atoms with Crippen molar-refractivity contribution < 1.29 is 9.18 Å². The molecular weight excluding hydrogens is 605 g/mol. The number of piperidine rings is 1. The molecule has 2 aliphatic rings. The van der Waals surface area contributed by atoms with Crippen LogP contribution in [0, 0.1) is 11.7 Å². The van der Waals surface area contributed by atoms with Crippen LogP contribution in [0.25, 0.3) is 51.3 Å². The molecule has 7 rings (SSSR count). The van der Waals surface area contributed by atoms with Crippen molar-refractivity contribution in [1.29, 1.82) is 0 Å². The van der Waals surface area contributed by atoms with E-state index in [9.17, 15) is 9.18 Å². The van der Waals surface area contributed by atoms with Crippen LogP contribution in [-0.2, 0) is 4.79 Å². The quantitative estimate of drug-likeness (QED) is 0.151. The Hall–Kier alpha value is -5.13. The smallest absolute Gasteiger partial charge is 0.224 e. The molecule has 1 aromatic carbocycles. The van der Waals surface area contributed by atoms with E-state index in [-0.39, 0.29) is 11.7 Å². The summed E-state index contributed by atoms with van der Waals surface area (Å²) in [6.45, 7) is 3.46. The molecule has 4 aromatic heterocycles. The summed E-state index contributed by atoms with van der Waals surface area (Å²) in [4.78, 5) is 27.5. The Kier molecular flexibility index (Phi) is 9.13. The SMILES string of the molecule is CN(C)CCNc1cc(F)cc(-c2nccc3[nH]c(-c4n[nH]c5c4=CC(c4cncc(NC(=O)CC6CCNCC6)c4)=CCC=5)cc23)c1. The van der Waals surface area contributed by atoms with E-state index in [2.05, 4.69) is 59.1 Å². The van der Waals surface area contributed by atoms with Gasteiger partial charge in [0, 0.05) is 64.8 Å². The lowest BCUT2D eigenvalue weighted by Crippen LogP contribution is -2.30. The first kappa shape index (κ1) is 31.5. The molecule has 0 saturated carbocycles. The fraction of sp³-hybridized carbons (Fsp3) is 0.297. The number of allylic oxidation sites excluding steroid dienone is 2. The monoisotopic (exact) mass is 645 g/mol. The van der Waals surface area contributed by atoms with Crippen molar-refractivity contribution in [2.45, 2.75) is 25.7 Å². The third kappa shape index (κ3) is 7.07. The minimum Gasteiger partial charge on any atom is -0.384 e. The van der Waals surface area contributed by atoms with Crippen LogP contribution in [0.15, 0.2) is 61.1 Å². The molecule has 48 heavy (non-hydrogen) atoms. The van der Waals surface area contributed by atoms with Crippen molar-refractivity contribution in [3.63, 3.8) is 0 Å². The number of halogens is 1. The van der Waals surface area contributed by atoms with Gasteiger partial charge in [-0.15, -0.1) is 0 Å². The Labute approximate surface area is 278 Å². The van der Waals surface area contributed by atoms with E-state index in [0.29, 0.717) is 47.9 Å². The molecule has 1 aliphatic heterocycles. The fourth-order valence-corrected chi connectivity index (χ4v) is 6.48. The number of amides is 1. The highest BCUT2D eigenvalue weighted by atomic mass is 19.1. The summed E-state index contributed by atoms with van der Waals surface area (Å²) in [5.41, 5.74) is 7.14. The Morgan fingerprint density at radius 1 is 1.02 bits per heavy atom. The molecule has 0 atom stereocenters. The number of pyridine rings is 2. The largest absolute Gasteiger partial charge is 0.384 e. The van der Waals surface area contributed by atoms with Gasteiger partial charge in [0.15, 0.2) is 0 Å². The number of carbonyl (C=O) groups is 1. The zero-order valence-electron chi connectivity index (χ0n) is 27.2. The van der Waals surface area contributed by atoms with E-state index in [1.165, 1.54) is 12.1 Å². The van der Waals surface area contributed by atoms with Gasteiger partial charge in [-0.3, -0.25) is 19.9 Å². The predicted molar refractivity (Wildman–Crippen MR) is 190 cm³/mol. The zero-order valence-corrected chi connectivity index (χ0v) is 27.2. The van der Waals surface area contributed by atoms with Crippen LogP contribution in [0.4, 0.5) is 15.8 Å². The normalized spacial score (nSPS) is 15.0. The second-order valence-corrected chi connectivity index (χ2v) is 12.8. The molecule has 1 amide bonds. The molecule has 0 unspecified atom stereocenters. The number of nitrogens with zero attached hydrogens (tertiary/aromatic N) is 4. The number of carbonyl (C=O) groups excluding carboxylic acids is 1. The first-order valence-corrected chi connectivity index (χ1v) is 16.5. The lowest BCUT2D eigenvalue weighted by atomic mass is 9.94. The number of nitrogens with one attached hydrogen (secondary N) is 5. The lowest BCUT2D eigenvalue weighted by Gasteiger charge is -2.21. The molecule has 1 fully saturated rings. The number of fused-ring (bicyclic) bond motifs is 2. The minimum atomic E-state index is -0.323. The molecule has 0 bridgehead atoms. The van der Waals surface area contributed by atoms with Crippen LogP contribution in [0.2, 0.25) is 0 Å². The van der Waals surface area contributed by atoms with E-state index in [1.54, 1.807) is 12.4 Å². The Bertz CT molecular complexity index is 2110. The molecule has 1 saturated heterocycles. The summed E-state index contributed by atoms with van der Waals surface area (Å²) in [5.74, 6) is 0.109. The molecule has 5 N–H and O–H groups in total. The maximum absolute atomic E-state index is 14.8. The summed E-state index contributed by atoms with van der Waals surface area (Å²) in [6, 6.07) is 10.9. The second kappa shape index (κ2) is 13.9. The van der Waals surface area contributed by atoms with Crippen molar-refractivity contribution in [2.75, 3.05) is 50.9 Å². The molecule has 5 aromatic rings. The van der Waals surface area contributed by atoms with Gasteiger partial charge in [-0.05, 0) is 100 Å². The van der Waals surface area contributed by atoms with Gasteiger partial charge in [-0.2, -0.15) is 5.10 Å². The van der Waals surface area contributed by atoms with E-state index in [0.717, 1.165) is 76.5 Å². The third-order valence-electron chi connectivity index (χ3n) is 8.94. The number of aromatic amines is 2. The number of benzene rings is 1. The zero-order chi connectivity index (χ0) is 33.0. The average Bonchev–Trinajstić information content (AvgIpc) is 3.62. The second-order valence-electron chi connectivity index (χ2n) is 12.8. The number of likely N-dealkylation sites (N-methyl/N-ethyl adjacent to an activating group) is 1. The van der Waals surface area contributed by atoms with Crippen LogP contribution in [0.5, 0.6) is 0 Å². The van der Waals surface area contributed by atoms with Crippen molar-refractivity contribution in [3.8, 4) is 22.6 Å². The van der Waals surface area contributed by atoms with Gasteiger partial charge in [0.25, 0.3) is 0 Å². The van der Waals surface area contributed by atoms with Gasteiger partial charge < -0.3 is 25.8 Å². The highest BCUT2D eigenvalue weighted by Crippen LogP contribution is 2.32. The van der Waals surface area contributed by atoms with Crippen LogP contribution >= 0.6 is 0 Å². The van der Waals surface area contributed by atoms with Crippen LogP contribution in [0.3, 0.4) is 0 Å². The first-order chi connectivity index (χ1) is 23.4. The topological polar surface area (TPSA) is 127 Å².